The number of ether oxygens (including phenoxy) is 3. The van der Waals surface area contributed by atoms with Gasteiger partial charge >= 0.3 is 21.3 Å². The van der Waals surface area contributed by atoms with Gasteiger partial charge in [0.2, 0.25) is 11.9 Å². The molecule has 60 heavy (non-hydrogen) atoms. The van der Waals surface area contributed by atoms with Crippen LogP contribution in [0.3, 0.4) is 0 Å². The number of aromatic nitrogens is 11. The van der Waals surface area contributed by atoms with Crippen molar-refractivity contribution in [2.24, 2.45) is 0 Å². The van der Waals surface area contributed by atoms with Crippen molar-refractivity contribution >= 4 is 49.9 Å². The summed E-state index contributed by atoms with van der Waals surface area (Å²) in [4.78, 5) is 91.6. The molecule has 5 aromatic rings. The average Bonchev–Trinajstić information content (AvgIpc) is 4.00. The average molecular weight is 888 g/mol. The van der Waals surface area contributed by atoms with Gasteiger partial charge in [-0.25, -0.2) is 33.9 Å². The van der Waals surface area contributed by atoms with Crippen LogP contribution in [0.2, 0.25) is 0 Å². The molecule has 29 nitrogen and oxygen atoms in total. The molecule has 11 N–H and O–H groups in total. The molecule has 8 rings (SSSR count). The second kappa shape index (κ2) is 17.2. The third-order valence-corrected chi connectivity index (χ3v) is 10.8. The number of hydrogen-bond acceptors (Lipinski definition) is 21. The molecule has 0 aromatic carbocycles. The second-order valence-electron chi connectivity index (χ2n) is 13.7. The maximum atomic E-state index is 12.4. The number of hydrogen-bond donors (Lipinski definition) is 9. The Morgan fingerprint density at radius 1 is 0.733 bits per heavy atom. The summed E-state index contributed by atoms with van der Waals surface area (Å²) in [5.41, 5.74) is 10.1. The minimum Gasteiger partial charge on any atom is -0.390 e. The molecule has 0 spiro atoms. The lowest BCUT2D eigenvalue weighted by Gasteiger charge is -2.19. The highest BCUT2D eigenvalue weighted by molar-refractivity contribution is 7.47. The summed E-state index contributed by atoms with van der Waals surface area (Å²) in [5, 5.41) is 20.3. The number of aliphatic hydroxyl groups excluding tert-OH is 2. The summed E-state index contributed by atoms with van der Waals surface area (Å²) in [7, 11) is -9.18. The molecule has 5 aromatic heterocycles. The lowest BCUT2D eigenvalue weighted by molar-refractivity contribution is -0.0496. The van der Waals surface area contributed by atoms with Gasteiger partial charge in [-0.15, -0.1) is 0 Å². The van der Waals surface area contributed by atoms with Crippen LogP contribution in [0.5, 0.6) is 0 Å². The molecule has 4 unspecified atom stereocenters. The quantitative estimate of drug-likeness (QED) is 0.0589. The Morgan fingerprint density at radius 2 is 1.28 bits per heavy atom. The first-order valence-corrected chi connectivity index (χ1v) is 20.9. The Balaban J connectivity index is 0.000000203. The second-order valence-corrected chi connectivity index (χ2v) is 16.3. The highest BCUT2D eigenvalue weighted by Gasteiger charge is 2.40. The minimum atomic E-state index is -4.64. The van der Waals surface area contributed by atoms with E-state index in [0.29, 0.717) is 24.3 Å². The topological polar surface area (TPSA) is 418 Å². The number of nitrogen functional groups attached to an aromatic ring is 2. The zero-order valence-electron chi connectivity index (χ0n) is 31.1. The van der Waals surface area contributed by atoms with E-state index in [4.69, 9.17) is 44.5 Å². The van der Waals surface area contributed by atoms with Gasteiger partial charge in [0.05, 0.1) is 50.8 Å². The lowest BCUT2D eigenvalue weighted by atomic mass is 10.2. The van der Waals surface area contributed by atoms with Crippen molar-refractivity contribution in [2.75, 3.05) is 31.3 Å². The van der Waals surface area contributed by atoms with Crippen molar-refractivity contribution in [2.45, 2.75) is 81.8 Å². The zero-order valence-corrected chi connectivity index (χ0v) is 32.9. The first-order chi connectivity index (χ1) is 28.3. The van der Waals surface area contributed by atoms with Crippen molar-refractivity contribution in [3.05, 3.63) is 56.0 Å². The van der Waals surface area contributed by atoms with Crippen LogP contribution in [-0.4, -0.2) is 129 Å². The van der Waals surface area contributed by atoms with E-state index in [9.17, 15) is 38.6 Å². The molecule has 0 bridgehead atoms. The predicted octanol–water partition coefficient (Wildman–Crippen LogP) is -2.42. The summed E-state index contributed by atoms with van der Waals surface area (Å²) >= 11 is 0. The largest absolute Gasteiger partial charge is 0.472 e. The summed E-state index contributed by atoms with van der Waals surface area (Å²) in [6, 6.07) is 0. The van der Waals surface area contributed by atoms with Crippen LogP contribution in [0, 0.1) is 6.92 Å². The molecule has 0 amide bonds. The number of aryl methyl sites for hydroxylation is 1. The molecule has 0 aliphatic carbocycles. The highest BCUT2D eigenvalue weighted by Crippen LogP contribution is 2.45. The van der Waals surface area contributed by atoms with E-state index < -0.39 is 89.3 Å². The first kappa shape index (κ1) is 43.2. The van der Waals surface area contributed by atoms with Crippen LogP contribution >= 0.6 is 15.6 Å². The standard InChI is InChI=1S/C18H24N9O9P.C11H15N4O7P/c19-16-22-7-27(18(30)25-16)11-2-1-8(35-11)4-33-37(31,32)34-5-10-9(28)3-12(36-10)26-6-21-13-14(26)23-17(20)24-15(13)29;1-5-13-10-9(11(17)14-5)12-4-15(10)8-2-6(16)7(22-8)3-21-23(18,19)20/h6-12,28H,1-5H2,(H,31,32)(H2,19,25,30)(H3,20,23,24,29);4,6-8,16H,2-3H2,1H3,(H,13,14,17)(H2,18,19,20)/t8-,9?,10+,11+,12?;6?,7-,8-/m01/s1. The number of H-pyrrole nitrogens is 2. The minimum absolute atomic E-state index is 0.0467. The van der Waals surface area contributed by atoms with E-state index in [1.165, 1.54) is 32.7 Å². The number of phosphoric acid groups is 2. The lowest BCUT2D eigenvalue weighted by Crippen LogP contribution is -2.29. The normalized spacial score (nSPS) is 26.7. The van der Waals surface area contributed by atoms with Crippen LogP contribution < -0.4 is 28.3 Å². The first-order valence-electron chi connectivity index (χ1n) is 17.8. The molecule has 8 heterocycles. The Hall–Kier alpha value is -4.87. The maximum absolute atomic E-state index is 12.4. The number of imidazole rings is 2. The van der Waals surface area contributed by atoms with Gasteiger partial charge in [-0.1, -0.05) is 0 Å². The van der Waals surface area contributed by atoms with Crippen LogP contribution in [0.1, 0.15) is 50.2 Å². The fourth-order valence-electron chi connectivity index (χ4n) is 6.59. The van der Waals surface area contributed by atoms with Gasteiger partial charge in [0.15, 0.2) is 22.3 Å². The number of nitrogens with one attached hydrogen (secondary N) is 2. The predicted molar refractivity (Wildman–Crippen MR) is 198 cm³/mol. The molecule has 31 heteroatoms. The van der Waals surface area contributed by atoms with Crippen LogP contribution in [-0.2, 0) is 36.9 Å². The number of anilines is 2. The maximum Gasteiger partial charge on any atom is 0.472 e. The Labute approximate surface area is 334 Å². The monoisotopic (exact) mass is 887 g/mol. The van der Waals surface area contributed by atoms with E-state index in [-0.39, 0.29) is 53.6 Å². The summed E-state index contributed by atoms with van der Waals surface area (Å²) < 4.78 is 58.6. The van der Waals surface area contributed by atoms with Crippen LogP contribution in [0.15, 0.2) is 33.4 Å². The molecule has 0 saturated carbocycles. The molecule has 3 aliphatic heterocycles. The number of rotatable bonds is 12. The van der Waals surface area contributed by atoms with Gasteiger partial charge in [0.1, 0.15) is 43.0 Å². The number of nitrogens with zero attached hydrogens (tertiary/aromatic N) is 9. The third kappa shape index (κ3) is 9.84. The van der Waals surface area contributed by atoms with Crippen LogP contribution in [0.4, 0.5) is 11.9 Å². The molecular formula is C29H39N13O16P2. The van der Waals surface area contributed by atoms with Crippen molar-refractivity contribution in [3.63, 3.8) is 0 Å². The number of phosphoric ester groups is 2. The van der Waals surface area contributed by atoms with Crippen molar-refractivity contribution < 1.29 is 61.8 Å². The Morgan fingerprint density at radius 3 is 1.88 bits per heavy atom. The Kier molecular flexibility index (Phi) is 12.4. The van der Waals surface area contributed by atoms with Gasteiger partial charge < -0.3 is 55.6 Å². The molecule has 3 fully saturated rings. The van der Waals surface area contributed by atoms with E-state index in [1.54, 1.807) is 6.92 Å². The summed E-state index contributed by atoms with van der Waals surface area (Å²) in [5.74, 6) is 0.141. The summed E-state index contributed by atoms with van der Waals surface area (Å²) in [6.07, 6.45) is -1.62. The molecule has 0 radical (unpaired) electrons. The van der Waals surface area contributed by atoms with Gasteiger partial charge in [0.25, 0.3) is 11.1 Å². The number of nitrogens with two attached hydrogens (primary N) is 2. The van der Waals surface area contributed by atoms with Crippen LogP contribution in [0.25, 0.3) is 22.3 Å². The van der Waals surface area contributed by atoms with Gasteiger partial charge in [0, 0.05) is 12.8 Å². The number of fused-ring (bicyclic) bond motifs is 2. The fraction of sp³-hybridized carbons (Fsp3) is 0.552. The molecule has 3 saturated heterocycles. The summed E-state index contributed by atoms with van der Waals surface area (Å²) in [6.45, 7) is 0.426. The van der Waals surface area contributed by atoms with E-state index >= 15 is 0 Å². The van der Waals surface area contributed by atoms with Gasteiger partial charge in [-0.05, 0) is 19.8 Å². The molecule has 326 valence electrons. The van der Waals surface area contributed by atoms with E-state index in [1.807, 2.05) is 0 Å². The molecular weight excluding hydrogens is 848 g/mol. The van der Waals surface area contributed by atoms with Gasteiger partial charge in [-0.3, -0.25) is 41.8 Å². The molecule has 9 atom stereocenters. The van der Waals surface area contributed by atoms with E-state index in [0.717, 1.165) is 0 Å². The third-order valence-electron chi connectivity index (χ3n) is 9.40. The highest BCUT2D eigenvalue weighted by atomic mass is 31.2. The number of aliphatic hydroxyl groups is 2. The smallest absolute Gasteiger partial charge is 0.390 e. The molecule has 3 aliphatic rings. The van der Waals surface area contributed by atoms with E-state index in [2.05, 4.69) is 44.4 Å². The van der Waals surface area contributed by atoms with Crippen molar-refractivity contribution in [3.8, 4) is 0 Å². The number of aromatic amines is 2. The van der Waals surface area contributed by atoms with Crippen molar-refractivity contribution in [1.82, 2.24) is 53.6 Å². The zero-order chi connectivity index (χ0) is 43.1. The fourth-order valence-corrected chi connectivity index (χ4v) is 7.70. The SMILES string of the molecule is Cc1nc2c(ncn2[C@H]2CC(O)[C@@H](COP(=O)(O)O)O2)c(=O)[nH]1.Nc1ncn([C@H]2CC[C@@H](COP(=O)(O)OC[C@H]3OC(n4cnc5c(=O)[nH]c(N)nc54)CC3O)O2)c(=O)n1. The van der Waals surface area contributed by atoms with Gasteiger partial charge in [-0.2, -0.15) is 9.97 Å². The Bertz CT molecular complexity index is 2630. The van der Waals surface area contributed by atoms with Crippen molar-refractivity contribution in [1.29, 1.82) is 0 Å².